The number of rotatable bonds is 2. The summed E-state index contributed by atoms with van der Waals surface area (Å²) >= 11 is 0. The van der Waals surface area contributed by atoms with E-state index in [1.807, 2.05) is 0 Å². The number of nitrogens with zero attached hydrogens (tertiary/aromatic N) is 2. The number of halogens is 3. The molecule has 1 N–H and O–H groups in total. The average Bonchev–Trinajstić information content (AvgIpc) is 2.72. The summed E-state index contributed by atoms with van der Waals surface area (Å²) in [6.07, 6.45) is 0. The maximum Gasteiger partial charge on any atom is 0.321 e. The fourth-order valence-corrected chi connectivity index (χ4v) is 3.23. The van der Waals surface area contributed by atoms with Gasteiger partial charge in [-0.1, -0.05) is 0 Å². The largest absolute Gasteiger partial charge is 0.486 e. The minimum atomic E-state index is -1.49. The third kappa shape index (κ3) is 3.51. The zero-order chi connectivity index (χ0) is 19.7. The van der Waals surface area contributed by atoms with Crippen LogP contribution in [0.15, 0.2) is 30.3 Å². The van der Waals surface area contributed by atoms with Gasteiger partial charge in [0.1, 0.15) is 13.2 Å². The first kappa shape index (κ1) is 18.3. The molecule has 0 aliphatic carbocycles. The second-order valence-electron chi connectivity index (χ2n) is 6.46. The highest BCUT2D eigenvalue weighted by atomic mass is 19.2. The number of hydrogen-bond acceptors (Lipinski definition) is 4. The van der Waals surface area contributed by atoms with Crippen LogP contribution in [0.5, 0.6) is 11.5 Å². The Morgan fingerprint density at radius 2 is 1.61 bits per heavy atom. The van der Waals surface area contributed by atoms with Gasteiger partial charge in [0, 0.05) is 37.9 Å². The lowest BCUT2D eigenvalue weighted by Crippen LogP contribution is -2.50. The summed E-state index contributed by atoms with van der Waals surface area (Å²) in [7, 11) is 0. The Morgan fingerprint density at radius 3 is 2.36 bits per heavy atom. The van der Waals surface area contributed by atoms with Crippen LogP contribution >= 0.6 is 0 Å². The topological polar surface area (TPSA) is 54.0 Å². The summed E-state index contributed by atoms with van der Waals surface area (Å²) in [4.78, 5) is 15.6. The first-order valence-corrected chi connectivity index (χ1v) is 8.87. The van der Waals surface area contributed by atoms with E-state index in [9.17, 15) is 18.0 Å². The first-order valence-electron chi connectivity index (χ1n) is 8.87. The normalized spacial score (nSPS) is 16.1. The molecule has 1 saturated heterocycles. The molecule has 2 aliphatic heterocycles. The molecule has 2 aliphatic rings. The van der Waals surface area contributed by atoms with Crippen LogP contribution in [0.3, 0.4) is 0 Å². The number of carbonyl (C=O) groups is 1. The quantitative estimate of drug-likeness (QED) is 0.796. The highest BCUT2D eigenvalue weighted by molar-refractivity contribution is 5.90. The van der Waals surface area contributed by atoms with Crippen LogP contribution in [-0.4, -0.2) is 50.3 Å². The first-order chi connectivity index (χ1) is 13.5. The Morgan fingerprint density at radius 1 is 0.893 bits per heavy atom. The fourth-order valence-electron chi connectivity index (χ4n) is 3.23. The zero-order valence-corrected chi connectivity index (χ0v) is 14.9. The van der Waals surface area contributed by atoms with Crippen LogP contribution in [0.1, 0.15) is 0 Å². The monoisotopic (exact) mass is 393 g/mol. The minimum absolute atomic E-state index is 0.00852. The Bertz CT molecular complexity index is 901. The van der Waals surface area contributed by atoms with E-state index in [1.165, 1.54) is 6.07 Å². The molecule has 1 fully saturated rings. The van der Waals surface area contributed by atoms with Crippen molar-refractivity contribution in [3.63, 3.8) is 0 Å². The van der Waals surface area contributed by atoms with E-state index in [1.54, 1.807) is 28.0 Å². The van der Waals surface area contributed by atoms with Gasteiger partial charge in [0.05, 0.1) is 5.69 Å². The molecule has 0 atom stereocenters. The lowest BCUT2D eigenvalue weighted by molar-refractivity contribution is 0.171. The van der Waals surface area contributed by atoms with Gasteiger partial charge in [-0.25, -0.2) is 18.0 Å². The summed E-state index contributed by atoms with van der Waals surface area (Å²) in [6, 6.07) is 6.95. The number of benzene rings is 2. The van der Waals surface area contributed by atoms with Crippen LogP contribution in [0.25, 0.3) is 0 Å². The molecule has 28 heavy (non-hydrogen) atoms. The highest BCUT2D eigenvalue weighted by Crippen LogP contribution is 2.32. The molecule has 0 bridgehead atoms. The lowest BCUT2D eigenvalue weighted by atomic mass is 10.2. The Kier molecular flexibility index (Phi) is 4.89. The van der Waals surface area contributed by atoms with Gasteiger partial charge in [-0.05, 0) is 24.3 Å². The molecule has 9 heteroatoms. The molecule has 2 aromatic carbocycles. The third-order valence-corrected chi connectivity index (χ3v) is 4.72. The Balaban J connectivity index is 1.37. The molecule has 0 radical (unpaired) electrons. The van der Waals surface area contributed by atoms with Crippen molar-refractivity contribution in [2.75, 3.05) is 49.6 Å². The van der Waals surface area contributed by atoms with Gasteiger partial charge < -0.3 is 24.6 Å². The molecule has 0 saturated carbocycles. The maximum atomic E-state index is 14.0. The third-order valence-electron chi connectivity index (χ3n) is 4.72. The summed E-state index contributed by atoms with van der Waals surface area (Å²) in [5.41, 5.74) is 0.564. The zero-order valence-electron chi connectivity index (χ0n) is 14.9. The number of nitrogens with one attached hydrogen (secondary N) is 1. The lowest BCUT2D eigenvalue weighted by Gasteiger charge is -2.36. The second kappa shape index (κ2) is 7.49. The van der Waals surface area contributed by atoms with Crippen LogP contribution in [-0.2, 0) is 0 Å². The molecule has 2 aromatic rings. The van der Waals surface area contributed by atoms with Crippen molar-refractivity contribution < 1.29 is 27.4 Å². The number of urea groups is 1. The summed E-state index contributed by atoms with van der Waals surface area (Å²) < 4.78 is 51.4. The number of ether oxygens (including phenoxy) is 2. The van der Waals surface area contributed by atoms with E-state index in [0.717, 1.165) is 6.07 Å². The number of amides is 2. The van der Waals surface area contributed by atoms with E-state index in [0.29, 0.717) is 56.6 Å². The van der Waals surface area contributed by atoms with Crippen molar-refractivity contribution >= 4 is 17.4 Å². The van der Waals surface area contributed by atoms with Crippen molar-refractivity contribution in [3.05, 3.63) is 47.8 Å². The van der Waals surface area contributed by atoms with Crippen molar-refractivity contribution in [3.8, 4) is 11.5 Å². The average molecular weight is 393 g/mol. The molecule has 0 spiro atoms. The molecule has 148 valence electrons. The van der Waals surface area contributed by atoms with Gasteiger partial charge in [0.25, 0.3) is 0 Å². The van der Waals surface area contributed by atoms with E-state index in [4.69, 9.17) is 9.47 Å². The molecular formula is C19H18F3N3O3. The van der Waals surface area contributed by atoms with Crippen molar-refractivity contribution in [1.29, 1.82) is 0 Å². The summed E-state index contributed by atoms with van der Waals surface area (Å²) in [5.74, 6) is -2.72. The van der Waals surface area contributed by atoms with E-state index >= 15 is 0 Å². The number of piperazine rings is 1. The number of hydrogen-bond donors (Lipinski definition) is 1. The Labute approximate surface area is 159 Å². The minimum Gasteiger partial charge on any atom is -0.486 e. The van der Waals surface area contributed by atoms with E-state index in [2.05, 4.69) is 5.32 Å². The van der Waals surface area contributed by atoms with Crippen molar-refractivity contribution in [2.24, 2.45) is 0 Å². The van der Waals surface area contributed by atoms with Crippen molar-refractivity contribution in [2.45, 2.75) is 0 Å². The van der Waals surface area contributed by atoms with Gasteiger partial charge in [0.2, 0.25) is 0 Å². The smallest absolute Gasteiger partial charge is 0.321 e. The van der Waals surface area contributed by atoms with Crippen LogP contribution in [0, 0.1) is 17.5 Å². The van der Waals surface area contributed by atoms with Gasteiger partial charge in [-0.2, -0.15) is 0 Å². The summed E-state index contributed by atoms with van der Waals surface area (Å²) in [6.45, 7) is 2.17. The van der Waals surface area contributed by atoms with Gasteiger partial charge in [-0.3, -0.25) is 0 Å². The standard InChI is InChI=1S/C19H18F3N3O3/c20-13-2-3-14(18(22)17(13)21)24-5-7-25(8-6-24)19(26)23-12-1-4-15-16(11-12)28-10-9-27-15/h1-4,11H,5-10H2,(H,23,26). The number of anilines is 2. The fraction of sp³-hybridized carbons (Fsp3) is 0.316. The molecule has 2 heterocycles. The van der Waals surface area contributed by atoms with Crippen LogP contribution < -0.4 is 19.7 Å². The maximum absolute atomic E-state index is 14.0. The molecule has 2 amide bonds. The predicted molar refractivity (Wildman–Crippen MR) is 96.6 cm³/mol. The van der Waals surface area contributed by atoms with Gasteiger partial charge >= 0.3 is 6.03 Å². The molecule has 4 rings (SSSR count). The number of fused-ring (bicyclic) bond motifs is 1. The SMILES string of the molecule is O=C(Nc1ccc2c(c1)OCCO2)N1CCN(c2ccc(F)c(F)c2F)CC1. The summed E-state index contributed by atoms with van der Waals surface area (Å²) in [5, 5.41) is 2.79. The second-order valence-corrected chi connectivity index (χ2v) is 6.46. The molecule has 0 aromatic heterocycles. The number of carbonyl (C=O) groups excluding carboxylic acids is 1. The predicted octanol–water partition coefficient (Wildman–Crippen LogP) is 3.23. The highest BCUT2D eigenvalue weighted by Gasteiger charge is 2.25. The Hall–Kier alpha value is -3.10. The van der Waals surface area contributed by atoms with E-state index in [-0.39, 0.29) is 11.7 Å². The molecular weight excluding hydrogens is 375 g/mol. The van der Waals surface area contributed by atoms with Gasteiger partial charge in [0.15, 0.2) is 29.0 Å². The van der Waals surface area contributed by atoms with Crippen molar-refractivity contribution in [1.82, 2.24) is 4.90 Å². The van der Waals surface area contributed by atoms with Crippen LogP contribution in [0.4, 0.5) is 29.3 Å². The van der Waals surface area contributed by atoms with Crippen LogP contribution in [0.2, 0.25) is 0 Å². The molecule has 6 nitrogen and oxygen atoms in total. The van der Waals surface area contributed by atoms with Gasteiger partial charge in [-0.15, -0.1) is 0 Å². The van der Waals surface area contributed by atoms with E-state index < -0.39 is 17.5 Å². The molecule has 0 unspecified atom stereocenters.